The molecule has 4 aromatic rings. The second-order valence-electron chi connectivity index (χ2n) is 7.33. The van der Waals surface area contributed by atoms with Gasteiger partial charge in [-0.15, -0.1) is 5.10 Å². The molecule has 4 aromatic heterocycles. The lowest BCUT2D eigenvalue weighted by Gasteiger charge is -2.08. The molecule has 0 fully saturated rings. The summed E-state index contributed by atoms with van der Waals surface area (Å²) < 4.78 is 3.49. The van der Waals surface area contributed by atoms with Gasteiger partial charge < -0.3 is 9.88 Å². The molecule has 0 aromatic carbocycles. The van der Waals surface area contributed by atoms with Crippen molar-refractivity contribution < 1.29 is 9.59 Å². The van der Waals surface area contributed by atoms with Gasteiger partial charge in [0.05, 0.1) is 23.1 Å². The maximum atomic E-state index is 13.2. The average Bonchev–Trinajstić information content (AvgIpc) is 3.31. The van der Waals surface area contributed by atoms with Crippen LogP contribution in [0.3, 0.4) is 0 Å². The summed E-state index contributed by atoms with van der Waals surface area (Å²) in [6, 6.07) is 3.71. The van der Waals surface area contributed by atoms with Crippen molar-refractivity contribution in [2.75, 3.05) is 5.32 Å². The zero-order valence-electron chi connectivity index (χ0n) is 16.9. The minimum atomic E-state index is -0.285. The number of anilines is 1. The Balaban J connectivity index is 1.59. The Morgan fingerprint density at radius 2 is 1.97 bits per heavy atom. The lowest BCUT2D eigenvalue weighted by atomic mass is 10.1. The zero-order valence-corrected chi connectivity index (χ0v) is 16.9. The van der Waals surface area contributed by atoms with Crippen molar-refractivity contribution in [3.63, 3.8) is 0 Å². The second-order valence-corrected chi connectivity index (χ2v) is 7.33. The third kappa shape index (κ3) is 3.82. The number of aryl methyl sites for hydroxylation is 1. The molecule has 0 aliphatic rings. The third-order valence-corrected chi connectivity index (χ3v) is 4.68. The van der Waals surface area contributed by atoms with E-state index in [1.165, 1.54) is 17.1 Å². The summed E-state index contributed by atoms with van der Waals surface area (Å²) in [5, 5.41) is 11.2. The molecule has 30 heavy (non-hydrogen) atoms. The molecule has 0 aliphatic carbocycles. The summed E-state index contributed by atoms with van der Waals surface area (Å²) in [4.78, 5) is 33.8. The van der Waals surface area contributed by atoms with Gasteiger partial charge in [0.25, 0.3) is 0 Å². The number of ketones is 1. The molecule has 0 unspecified atom stereocenters. The smallest absolute Gasteiger partial charge is 0.246 e. The van der Waals surface area contributed by atoms with E-state index in [1.54, 1.807) is 31.6 Å². The highest BCUT2D eigenvalue weighted by Crippen LogP contribution is 2.26. The number of carbonyl (C=O) groups excluding carboxylic acids is 2. The van der Waals surface area contributed by atoms with E-state index in [2.05, 4.69) is 39.4 Å². The summed E-state index contributed by atoms with van der Waals surface area (Å²) in [7, 11) is 0. The number of nitrogens with one attached hydrogen (secondary N) is 1. The van der Waals surface area contributed by atoms with Crippen molar-refractivity contribution in [2.24, 2.45) is 0 Å². The molecule has 152 valence electrons. The predicted octanol–water partition coefficient (Wildman–Crippen LogP) is 2.78. The van der Waals surface area contributed by atoms with Crippen LogP contribution in [0.15, 0.2) is 49.3 Å². The molecule has 9 heteroatoms. The van der Waals surface area contributed by atoms with Gasteiger partial charge in [-0.05, 0) is 32.9 Å². The molecule has 0 saturated carbocycles. The summed E-state index contributed by atoms with van der Waals surface area (Å²) in [5.41, 5.74) is 3.05. The molecule has 4 rings (SSSR count). The first-order valence-corrected chi connectivity index (χ1v) is 9.53. The van der Waals surface area contributed by atoms with Crippen LogP contribution in [0.2, 0.25) is 0 Å². The molecule has 0 bridgehead atoms. The Morgan fingerprint density at radius 1 is 1.13 bits per heavy atom. The van der Waals surface area contributed by atoms with Gasteiger partial charge in [0, 0.05) is 53.5 Å². The molecule has 1 N–H and O–H groups in total. The van der Waals surface area contributed by atoms with E-state index in [0.717, 1.165) is 16.6 Å². The van der Waals surface area contributed by atoms with E-state index in [0.29, 0.717) is 16.8 Å². The Kier molecular flexibility index (Phi) is 5.09. The second kappa shape index (κ2) is 7.86. The van der Waals surface area contributed by atoms with Crippen LogP contribution in [0.1, 0.15) is 41.5 Å². The molecule has 0 aliphatic heterocycles. The average molecular weight is 403 g/mol. The number of amides is 1. The van der Waals surface area contributed by atoms with Gasteiger partial charge in [-0.25, -0.2) is 4.68 Å². The Labute approximate surface area is 172 Å². The topological polar surface area (TPSA) is 108 Å². The van der Waals surface area contributed by atoms with E-state index in [4.69, 9.17) is 0 Å². The largest absolute Gasteiger partial charge is 0.344 e. The SMILES string of the molecule is Cc1cn(CC(=O)Nc2cncc(C(=O)c3cn(C(C)C)c4ccncc34)c2)nn1. The van der Waals surface area contributed by atoms with Crippen LogP contribution in [0.25, 0.3) is 10.9 Å². The van der Waals surface area contributed by atoms with Gasteiger partial charge in [0.2, 0.25) is 5.91 Å². The van der Waals surface area contributed by atoms with Crippen molar-refractivity contribution >= 4 is 28.3 Å². The van der Waals surface area contributed by atoms with E-state index in [9.17, 15) is 9.59 Å². The van der Waals surface area contributed by atoms with Gasteiger partial charge in [0.15, 0.2) is 5.78 Å². The third-order valence-electron chi connectivity index (χ3n) is 4.68. The fourth-order valence-corrected chi connectivity index (χ4v) is 3.31. The van der Waals surface area contributed by atoms with Gasteiger partial charge in [-0.1, -0.05) is 5.21 Å². The first-order chi connectivity index (χ1) is 14.4. The van der Waals surface area contributed by atoms with E-state index in [-0.39, 0.29) is 24.3 Å². The molecule has 9 nitrogen and oxygen atoms in total. The Bertz CT molecular complexity index is 1240. The molecular formula is C21H21N7O2. The maximum absolute atomic E-state index is 13.2. The van der Waals surface area contributed by atoms with Crippen LogP contribution in [0.5, 0.6) is 0 Å². The van der Waals surface area contributed by atoms with Gasteiger partial charge >= 0.3 is 0 Å². The normalized spacial score (nSPS) is 11.2. The number of carbonyl (C=O) groups is 2. The van der Waals surface area contributed by atoms with Crippen LogP contribution < -0.4 is 5.32 Å². The quantitative estimate of drug-likeness (QED) is 0.496. The molecular weight excluding hydrogens is 382 g/mol. The number of fused-ring (bicyclic) bond motifs is 1. The monoisotopic (exact) mass is 403 g/mol. The zero-order chi connectivity index (χ0) is 21.3. The van der Waals surface area contributed by atoms with Crippen molar-refractivity contribution in [2.45, 2.75) is 33.4 Å². The first-order valence-electron chi connectivity index (χ1n) is 9.53. The number of nitrogens with zero attached hydrogens (tertiary/aromatic N) is 6. The Hall–Kier alpha value is -3.88. The summed E-state index contributed by atoms with van der Waals surface area (Å²) in [5.74, 6) is -0.463. The highest BCUT2D eigenvalue weighted by molar-refractivity contribution is 6.16. The van der Waals surface area contributed by atoms with Crippen molar-refractivity contribution in [3.8, 4) is 0 Å². The van der Waals surface area contributed by atoms with Gasteiger partial charge in [0.1, 0.15) is 6.54 Å². The fourth-order valence-electron chi connectivity index (χ4n) is 3.31. The number of hydrogen-bond acceptors (Lipinski definition) is 6. The number of pyridine rings is 2. The number of aromatic nitrogens is 6. The van der Waals surface area contributed by atoms with Crippen LogP contribution in [0, 0.1) is 6.92 Å². The van der Waals surface area contributed by atoms with Crippen LogP contribution in [-0.4, -0.2) is 41.2 Å². The fraction of sp³-hybridized carbons (Fsp3) is 0.238. The van der Waals surface area contributed by atoms with Crippen molar-refractivity contribution in [1.29, 1.82) is 0 Å². The molecule has 4 heterocycles. The Morgan fingerprint density at radius 3 is 2.70 bits per heavy atom. The number of hydrogen-bond donors (Lipinski definition) is 1. The first kappa shape index (κ1) is 19.4. The van der Waals surface area contributed by atoms with Crippen molar-refractivity contribution in [3.05, 3.63) is 66.1 Å². The van der Waals surface area contributed by atoms with E-state index in [1.807, 2.05) is 16.8 Å². The lowest BCUT2D eigenvalue weighted by molar-refractivity contribution is -0.116. The van der Waals surface area contributed by atoms with E-state index < -0.39 is 0 Å². The van der Waals surface area contributed by atoms with Crippen LogP contribution in [-0.2, 0) is 11.3 Å². The van der Waals surface area contributed by atoms with Crippen molar-refractivity contribution in [1.82, 2.24) is 29.5 Å². The standard InChI is InChI=1S/C21H21N7O2/c1-13(2)28-11-18(17-9-22-5-4-19(17)28)21(30)15-6-16(8-23-7-15)24-20(29)12-27-10-14(3)25-26-27/h4-11,13H,12H2,1-3H3,(H,24,29). The lowest BCUT2D eigenvalue weighted by Crippen LogP contribution is -2.19. The van der Waals surface area contributed by atoms with Gasteiger partial charge in [-0.3, -0.25) is 19.6 Å². The number of rotatable bonds is 6. The molecule has 0 saturated heterocycles. The summed E-state index contributed by atoms with van der Waals surface area (Å²) in [6.07, 6.45) is 9.92. The minimum Gasteiger partial charge on any atom is -0.344 e. The summed E-state index contributed by atoms with van der Waals surface area (Å²) in [6.45, 7) is 5.93. The molecule has 1 amide bonds. The molecule has 0 spiro atoms. The molecule has 0 atom stereocenters. The predicted molar refractivity (Wildman–Crippen MR) is 111 cm³/mol. The van der Waals surface area contributed by atoms with Gasteiger partial charge in [-0.2, -0.15) is 0 Å². The highest BCUT2D eigenvalue weighted by atomic mass is 16.2. The van der Waals surface area contributed by atoms with E-state index >= 15 is 0 Å². The highest BCUT2D eigenvalue weighted by Gasteiger charge is 2.19. The summed E-state index contributed by atoms with van der Waals surface area (Å²) >= 11 is 0. The molecule has 0 radical (unpaired) electrons. The van der Waals surface area contributed by atoms with Crippen LogP contribution >= 0.6 is 0 Å². The van der Waals surface area contributed by atoms with Crippen LogP contribution in [0.4, 0.5) is 5.69 Å². The minimum absolute atomic E-state index is 0.0204. The maximum Gasteiger partial charge on any atom is 0.246 e.